The third-order valence-corrected chi connectivity index (χ3v) is 2.83. The number of aliphatic hydroxyl groups is 1. The maximum atomic E-state index is 10.3. The van der Waals surface area contributed by atoms with E-state index in [9.17, 15) is 5.11 Å². The molecule has 0 aromatic carbocycles. The summed E-state index contributed by atoms with van der Waals surface area (Å²) in [4.78, 5) is 0. The predicted molar refractivity (Wildman–Crippen MR) is 73.6 cm³/mol. The Kier molecular flexibility index (Phi) is 4.24. The summed E-state index contributed by atoms with van der Waals surface area (Å²) in [6, 6.07) is 7.38. The highest BCUT2D eigenvalue weighted by atomic mass is 16.4. The molecule has 0 fully saturated rings. The molecule has 0 aliphatic heterocycles. The van der Waals surface area contributed by atoms with Gasteiger partial charge in [0.1, 0.15) is 22.9 Å². The van der Waals surface area contributed by atoms with Gasteiger partial charge in [-0.3, -0.25) is 0 Å². The first-order valence-electron chi connectivity index (χ1n) is 6.28. The van der Waals surface area contributed by atoms with E-state index >= 15 is 0 Å². The Labute approximate surface area is 112 Å². The maximum Gasteiger partial charge on any atom is 0.136 e. The number of aryl methyl sites for hydroxylation is 1. The van der Waals surface area contributed by atoms with Crippen LogP contribution in [0.2, 0.25) is 0 Å². The van der Waals surface area contributed by atoms with Crippen LogP contribution in [-0.2, 0) is 5.60 Å². The van der Waals surface area contributed by atoms with Gasteiger partial charge in [-0.1, -0.05) is 6.08 Å². The van der Waals surface area contributed by atoms with Crippen LogP contribution in [-0.4, -0.2) is 18.2 Å². The fourth-order valence-corrected chi connectivity index (χ4v) is 1.77. The Hall–Kier alpha value is -1.78. The summed E-state index contributed by atoms with van der Waals surface area (Å²) in [6.45, 7) is 4.66. The summed E-state index contributed by atoms with van der Waals surface area (Å²) < 4.78 is 10.6. The average Bonchev–Trinajstić information content (AvgIpc) is 3.00. The molecule has 2 aromatic heterocycles. The van der Waals surface area contributed by atoms with Gasteiger partial charge in [-0.15, -0.1) is 0 Å². The lowest BCUT2D eigenvalue weighted by Crippen LogP contribution is -2.35. The molecule has 0 bridgehead atoms. The van der Waals surface area contributed by atoms with Gasteiger partial charge in [0.2, 0.25) is 0 Å². The first-order chi connectivity index (χ1) is 9.08. The Morgan fingerprint density at radius 2 is 2.21 bits per heavy atom. The largest absolute Gasteiger partial charge is 0.465 e. The summed E-state index contributed by atoms with van der Waals surface area (Å²) in [5.41, 5.74) is -1.01. The van der Waals surface area contributed by atoms with Gasteiger partial charge in [-0.2, -0.15) is 0 Å². The van der Waals surface area contributed by atoms with Gasteiger partial charge in [-0.25, -0.2) is 0 Å². The Morgan fingerprint density at radius 3 is 2.84 bits per heavy atom. The number of nitrogens with one attached hydrogen (secondary N) is 1. The Morgan fingerprint density at radius 1 is 1.37 bits per heavy atom. The van der Waals surface area contributed by atoms with E-state index in [2.05, 4.69) is 5.32 Å². The highest BCUT2D eigenvalue weighted by molar-refractivity contribution is 5.42. The quantitative estimate of drug-likeness (QED) is 0.785. The lowest BCUT2D eigenvalue weighted by molar-refractivity contribution is 0.0345. The number of rotatable bonds is 6. The monoisotopic (exact) mass is 261 g/mol. The van der Waals surface area contributed by atoms with Crippen LogP contribution in [0.1, 0.15) is 24.2 Å². The Balaban J connectivity index is 1.79. The van der Waals surface area contributed by atoms with Gasteiger partial charge >= 0.3 is 0 Å². The molecular weight excluding hydrogens is 242 g/mol. The SMILES string of the molecule is Cc1ccc(C(C)(O)CNC/C=C/c2ccco2)o1. The predicted octanol–water partition coefficient (Wildman–Crippen LogP) is 2.69. The second-order valence-electron chi connectivity index (χ2n) is 4.73. The van der Waals surface area contributed by atoms with Crippen LogP contribution in [0.25, 0.3) is 6.08 Å². The van der Waals surface area contributed by atoms with E-state index in [1.54, 1.807) is 19.3 Å². The first kappa shape index (κ1) is 13.6. The molecule has 1 unspecified atom stereocenters. The van der Waals surface area contributed by atoms with E-state index < -0.39 is 5.60 Å². The summed E-state index contributed by atoms with van der Waals surface area (Å²) in [7, 11) is 0. The number of furan rings is 2. The van der Waals surface area contributed by atoms with Crippen LogP contribution >= 0.6 is 0 Å². The zero-order valence-corrected chi connectivity index (χ0v) is 11.2. The molecule has 2 N–H and O–H groups in total. The smallest absolute Gasteiger partial charge is 0.136 e. The lowest BCUT2D eigenvalue weighted by atomic mass is 10.0. The fraction of sp³-hybridized carbons (Fsp3) is 0.333. The molecule has 4 heteroatoms. The van der Waals surface area contributed by atoms with Crippen molar-refractivity contribution in [3.63, 3.8) is 0 Å². The van der Waals surface area contributed by atoms with Crippen LogP contribution in [0.5, 0.6) is 0 Å². The summed E-state index contributed by atoms with van der Waals surface area (Å²) in [5.74, 6) is 2.19. The van der Waals surface area contributed by atoms with E-state index in [0.717, 1.165) is 11.5 Å². The van der Waals surface area contributed by atoms with E-state index in [4.69, 9.17) is 8.83 Å². The molecule has 1 atom stereocenters. The second-order valence-corrected chi connectivity index (χ2v) is 4.73. The topological polar surface area (TPSA) is 58.5 Å². The van der Waals surface area contributed by atoms with E-state index in [0.29, 0.717) is 18.8 Å². The summed E-state index contributed by atoms with van der Waals surface area (Å²) >= 11 is 0. The fourth-order valence-electron chi connectivity index (χ4n) is 1.77. The van der Waals surface area contributed by atoms with Crippen LogP contribution in [0.3, 0.4) is 0 Å². The molecule has 0 aliphatic carbocycles. The van der Waals surface area contributed by atoms with Crippen molar-refractivity contribution in [2.24, 2.45) is 0 Å². The second kappa shape index (κ2) is 5.91. The van der Waals surface area contributed by atoms with Gasteiger partial charge in [0.15, 0.2) is 0 Å². The van der Waals surface area contributed by atoms with Gasteiger partial charge in [0, 0.05) is 13.1 Å². The zero-order chi connectivity index (χ0) is 13.7. The van der Waals surface area contributed by atoms with Gasteiger partial charge < -0.3 is 19.3 Å². The summed E-state index contributed by atoms with van der Waals surface area (Å²) in [5, 5.41) is 13.4. The van der Waals surface area contributed by atoms with Crippen molar-refractivity contribution in [3.05, 3.63) is 53.9 Å². The van der Waals surface area contributed by atoms with Crippen molar-refractivity contribution >= 4 is 6.08 Å². The Bertz CT molecular complexity index is 523. The van der Waals surface area contributed by atoms with Crippen molar-refractivity contribution in [1.29, 1.82) is 0 Å². The molecular formula is C15H19NO3. The van der Waals surface area contributed by atoms with Crippen LogP contribution in [0.15, 0.2) is 45.4 Å². The minimum atomic E-state index is -1.01. The zero-order valence-electron chi connectivity index (χ0n) is 11.2. The molecule has 0 aliphatic rings. The molecule has 2 heterocycles. The third kappa shape index (κ3) is 3.84. The third-order valence-electron chi connectivity index (χ3n) is 2.83. The van der Waals surface area contributed by atoms with E-state index in [1.807, 2.05) is 37.3 Å². The first-order valence-corrected chi connectivity index (χ1v) is 6.28. The molecule has 2 aromatic rings. The molecule has 19 heavy (non-hydrogen) atoms. The molecule has 102 valence electrons. The van der Waals surface area contributed by atoms with Crippen molar-refractivity contribution in [1.82, 2.24) is 5.32 Å². The molecule has 0 radical (unpaired) electrons. The van der Waals surface area contributed by atoms with E-state index in [-0.39, 0.29) is 0 Å². The molecule has 0 saturated heterocycles. The number of hydrogen-bond donors (Lipinski definition) is 2. The minimum Gasteiger partial charge on any atom is -0.465 e. The highest BCUT2D eigenvalue weighted by Gasteiger charge is 2.25. The molecule has 4 nitrogen and oxygen atoms in total. The summed E-state index contributed by atoms with van der Waals surface area (Å²) in [6.07, 6.45) is 5.47. The van der Waals surface area contributed by atoms with Crippen LogP contribution < -0.4 is 5.32 Å². The molecule has 0 saturated carbocycles. The van der Waals surface area contributed by atoms with Gasteiger partial charge in [-0.05, 0) is 44.2 Å². The molecule has 0 amide bonds. The van der Waals surface area contributed by atoms with E-state index in [1.165, 1.54) is 0 Å². The van der Waals surface area contributed by atoms with Crippen molar-refractivity contribution in [2.75, 3.05) is 13.1 Å². The molecule has 2 rings (SSSR count). The average molecular weight is 261 g/mol. The van der Waals surface area contributed by atoms with Gasteiger partial charge in [0.05, 0.1) is 6.26 Å². The number of hydrogen-bond acceptors (Lipinski definition) is 4. The van der Waals surface area contributed by atoms with Crippen molar-refractivity contribution < 1.29 is 13.9 Å². The lowest BCUT2D eigenvalue weighted by Gasteiger charge is -2.20. The van der Waals surface area contributed by atoms with Gasteiger partial charge in [0.25, 0.3) is 0 Å². The standard InChI is InChI=1S/C15H19NO3/c1-12-7-8-14(19-12)15(2,17)11-16-9-3-5-13-6-4-10-18-13/h3-8,10,16-17H,9,11H2,1-2H3/b5-3+. The van der Waals surface area contributed by atoms with Crippen molar-refractivity contribution in [3.8, 4) is 0 Å². The maximum absolute atomic E-state index is 10.3. The molecule has 0 spiro atoms. The van der Waals surface area contributed by atoms with Crippen LogP contribution in [0, 0.1) is 6.92 Å². The highest BCUT2D eigenvalue weighted by Crippen LogP contribution is 2.21. The van der Waals surface area contributed by atoms with Crippen molar-refractivity contribution in [2.45, 2.75) is 19.4 Å². The minimum absolute atomic E-state index is 0.419. The normalized spacial score (nSPS) is 14.9. The van der Waals surface area contributed by atoms with Crippen LogP contribution in [0.4, 0.5) is 0 Å².